The smallest absolute Gasteiger partial charge is 0.316 e. The van der Waals surface area contributed by atoms with Crippen molar-refractivity contribution >= 4 is 28.5 Å². The molecule has 0 N–H and O–H groups in total. The van der Waals surface area contributed by atoms with Crippen molar-refractivity contribution in [3.63, 3.8) is 0 Å². The lowest BCUT2D eigenvalue weighted by molar-refractivity contribution is -0.142. The van der Waals surface area contributed by atoms with E-state index in [1.54, 1.807) is 19.0 Å². The van der Waals surface area contributed by atoms with Crippen LogP contribution in [-0.4, -0.2) is 40.4 Å². The summed E-state index contributed by atoms with van der Waals surface area (Å²) in [4.78, 5) is 32.6. The molecule has 1 aliphatic carbocycles. The first kappa shape index (κ1) is 24.7. The van der Waals surface area contributed by atoms with Crippen molar-refractivity contribution < 1.29 is 14.3 Å². The number of benzene rings is 2. The predicted molar refractivity (Wildman–Crippen MR) is 140 cm³/mol. The highest BCUT2D eigenvalue weighted by molar-refractivity contribution is 6.02. The summed E-state index contributed by atoms with van der Waals surface area (Å²) in [7, 11) is 5.38. The van der Waals surface area contributed by atoms with Crippen LogP contribution in [-0.2, 0) is 24.7 Å². The summed E-state index contributed by atoms with van der Waals surface area (Å²) < 4.78 is 7.98. The molecule has 184 valence electrons. The Bertz CT molecular complexity index is 1370. The number of nitrogens with zero attached hydrogens (tertiary/aromatic N) is 3. The maximum Gasteiger partial charge on any atom is 0.316 e. The number of amides is 1. The Hall–Kier alpha value is -3.41. The highest BCUT2D eigenvalue weighted by Gasteiger charge is 2.29. The lowest BCUT2D eigenvalue weighted by Crippen LogP contribution is -2.27. The van der Waals surface area contributed by atoms with Gasteiger partial charge in [-0.1, -0.05) is 29.8 Å². The Morgan fingerprint density at radius 3 is 2.51 bits per heavy atom. The van der Waals surface area contributed by atoms with Crippen molar-refractivity contribution in [1.82, 2.24) is 14.5 Å². The number of imidazole rings is 1. The molecule has 0 bridgehead atoms. The van der Waals surface area contributed by atoms with Gasteiger partial charge < -0.3 is 14.2 Å². The van der Waals surface area contributed by atoms with E-state index < -0.39 is 5.41 Å². The minimum absolute atomic E-state index is 0.130. The van der Waals surface area contributed by atoms with E-state index in [9.17, 15) is 9.59 Å². The monoisotopic (exact) mass is 473 g/mol. The van der Waals surface area contributed by atoms with Crippen LogP contribution in [0.15, 0.2) is 30.3 Å². The summed E-state index contributed by atoms with van der Waals surface area (Å²) in [5, 5.41) is 0. The number of carbonyl (C=O) groups is 2. The number of ether oxygens (including phenoxy) is 1. The SMILES string of the molecule is Cc1ccc2c(c1)C(=CCc1c(C(=O)N(C)C)cc3c(nc(C)n3C)c1OC(=O)C(C)(C)C)CC2. The Morgan fingerprint density at radius 2 is 1.86 bits per heavy atom. The van der Waals surface area contributed by atoms with Gasteiger partial charge in [0, 0.05) is 32.3 Å². The van der Waals surface area contributed by atoms with Crippen LogP contribution in [0.3, 0.4) is 0 Å². The van der Waals surface area contributed by atoms with Gasteiger partial charge in [-0.2, -0.15) is 0 Å². The molecular weight excluding hydrogens is 438 g/mol. The van der Waals surface area contributed by atoms with Gasteiger partial charge in [0.1, 0.15) is 11.3 Å². The van der Waals surface area contributed by atoms with E-state index in [1.165, 1.54) is 22.3 Å². The molecule has 0 radical (unpaired) electrons. The number of allylic oxidation sites excluding steroid dienone is 2. The molecule has 0 saturated carbocycles. The number of hydrogen-bond acceptors (Lipinski definition) is 4. The average molecular weight is 474 g/mol. The number of carbonyl (C=O) groups excluding carboxylic acids is 2. The number of aryl methyl sites for hydroxylation is 4. The maximum atomic E-state index is 13.3. The average Bonchev–Trinajstić information content (AvgIpc) is 3.31. The second-order valence-corrected chi connectivity index (χ2v) is 10.8. The summed E-state index contributed by atoms with van der Waals surface area (Å²) >= 11 is 0. The first-order chi connectivity index (χ1) is 16.4. The van der Waals surface area contributed by atoms with Crippen LogP contribution < -0.4 is 4.74 Å². The van der Waals surface area contributed by atoms with Gasteiger partial charge in [-0.3, -0.25) is 9.59 Å². The van der Waals surface area contributed by atoms with Crippen LogP contribution in [0.4, 0.5) is 0 Å². The van der Waals surface area contributed by atoms with E-state index >= 15 is 0 Å². The van der Waals surface area contributed by atoms with Gasteiger partial charge >= 0.3 is 5.97 Å². The number of hydrogen-bond donors (Lipinski definition) is 0. The van der Waals surface area contributed by atoms with Crippen LogP contribution in [0.2, 0.25) is 0 Å². The third-order valence-corrected chi connectivity index (χ3v) is 6.73. The molecule has 35 heavy (non-hydrogen) atoms. The summed E-state index contributed by atoms with van der Waals surface area (Å²) in [6, 6.07) is 8.46. The molecule has 1 amide bonds. The summed E-state index contributed by atoms with van der Waals surface area (Å²) in [5.74, 6) is 0.685. The third-order valence-electron chi connectivity index (χ3n) is 6.73. The Balaban J connectivity index is 1.92. The Morgan fingerprint density at radius 1 is 1.14 bits per heavy atom. The molecule has 0 unspecified atom stereocenters. The molecule has 6 nitrogen and oxygen atoms in total. The summed E-state index contributed by atoms with van der Waals surface area (Å²) in [6.45, 7) is 9.48. The fraction of sp³-hybridized carbons (Fsp3) is 0.414. The predicted octanol–water partition coefficient (Wildman–Crippen LogP) is 5.42. The zero-order chi connectivity index (χ0) is 25.7. The largest absolute Gasteiger partial charge is 0.423 e. The minimum Gasteiger partial charge on any atom is -0.423 e. The van der Waals surface area contributed by atoms with E-state index in [1.807, 2.05) is 45.4 Å². The molecule has 6 heteroatoms. The van der Waals surface area contributed by atoms with E-state index in [2.05, 4.69) is 31.2 Å². The molecule has 0 spiro atoms. The number of rotatable bonds is 4. The van der Waals surface area contributed by atoms with Crippen molar-refractivity contribution in [3.8, 4) is 5.75 Å². The third kappa shape index (κ3) is 4.62. The highest BCUT2D eigenvalue weighted by Crippen LogP contribution is 2.38. The zero-order valence-electron chi connectivity index (χ0n) is 22.1. The Kier molecular flexibility index (Phi) is 6.34. The quantitative estimate of drug-likeness (QED) is 0.375. The topological polar surface area (TPSA) is 64.4 Å². The van der Waals surface area contributed by atoms with Gasteiger partial charge in [0.2, 0.25) is 0 Å². The van der Waals surface area contributed by atoms with Gasteiger partial charge in [0.05, 0.1) is 10.9 Å². The first-order valence-electron chi connectivity index (χ1n) is 12.1. The summed E-state index contributed by atoms with van der Waals surface area (Å²) in [5.41, 5.74) is 7.01. The first-order valence-corrected chi connectivity index (χ1v) is 12.1. The highest BCUT2D eigenvalue weighted by atomic mass is 16.5. The molecule has 2 aromatic carbocycles. The summed E-state index contributed by atoms with van der Waals surface area (Å²) in [6.07, 6.45) is 4.62. The van der Waals surface area contributed by atoms with Crippen molar-refractivity contribution in [2.24, 2.45) is 12.5 Å². The minimum atomic E-state index is -0.699. The van der Waals surface area contributed by atoms with Crippen LogP contribution >= 0.6 is 0 Å². The zero-order valence-corrected chi connectivity index (χ0v) is 22.1. The van der Waals surface area contributed by atoms with Crippen LogP contribution in [0.5, 0.6) is 5.75 Å². The van der Waals surface area contributed by atoms with Gasteiger partial charge in [0.25, 0.3) is 5.91 Å². The maximum absolute atomic E-state index is 13.3. The van der Waals surface area contributed by atoms with Crippen molar-refractivity contribution in [2.45, 2.75) is 53.9 Å². The van der Waals surface area contributed by atoms with Crippen molar-refractivity contribution in [2.75, 3.05) is 14.1 Å². The molecule has 1 aromatic heterocycles. The number of esters is 1. The second kappa shape index (κ2) is 8.99. The molecule has 1 heterocycles. The molecule has 0 saturated heterocycles. The standard InChI is InChI=1S/C29H35N3O3/c1-17-9-10-19-11-12-20(22(19)15-17)13-14-21-23(27(33)31(6)7)16-24-25(30-18(2)32(24)8)26(21)35-28(34)29(3,4)5/h9-10,13,15-16H,11-12,14H2,1-8H3. The van der Waals surface area contributed by atoms with E-state index in [0.29, 0.717) is 28.8 Å². The number of fused-ring (bicyclic) bond motifs is 2. The molecule has 3 aromatic rings. The van der Waals surface area contributed by atoms with Crippen LogP contribution in [0.25, 0.3) is 16.6 Å². The van der Waals surface area contributed by atoms with E-state index in [0.717, 1.165) is 24.2 Å². The molecule has 0 aliphatic heterocycles. The molecule has 0 fully saturated rings. The fourth-order valence-corrected chi connectivity index (χ4v) is 4.49. The lowest BCUT2D eigenvalue weighted by atomic mass is 9.96. The molecule has 4 rings (SSSR count). The Labute approximate surface area is 207 Å². The van der Waals surface area contributed by atoms with Crippen LogP contribution in [0.1, 0.15) is 65.6 Å². The van der Waals surface area contributed by atoms with Crippen molar-refractivity contribution in [1.29, 1.82) is 0 Å². The van der Waals surface area contributed by atoms with Gasteiger partial charge in [-0.05, 0) is 76.6 Å². The van der Waals surface area contributed by atoms with Gasteiger partial charge in [0.15, 0.2) is 5.75 Å². The van der Waals surface area contributed by atoms with E-state index in [-0.39, 0.29) is 11.9 Å². The second-order valence-electron chi connectivity index (χ2n) is 10.8. The van der Waals surface area contributed by atoms with Gasteiger partial charge in [-0.25, -0.2) is 4.98 Å². The van der Waals surface area contributed by atoms with Crippen molar-refractivity contribution in [3.05, 3.63) is 64.0 Å². The molecule has 1 aliphatic rings. The van der Waals surface area contributed by atoms with Gasteiger partial charge in [-0.15, -0.1) is 0 Å². The van der Waals surface area contributed by atoms with E-state index in [4.69, 9.17) is 9.72 Å². The molecule has 0 atom stereocenters. The van der Waals surface area contributed by atoms with Crippen LogP contribution in [0, 0.1) is 19.3 Å². The fourth-order valence-electron chi connectivity index (χ4n) is 4.49. The normalized spacial score (nSPS) is 14.5. The molecular formula is C29H35N3O3. The number of aromatic nitrogens is 2. The lowest BCUT2D eigenvalue weighted by Gasteiger charge is -2.21.